The van der Waals surface area contributed by atoms with E-state index in [1.165, 1.54) is 19.3 Å². The van der Waals surface area contributed by atoms with Gasteiger partial charge in [-0.3, -0.25) is 14.6 Å². The molecule has 0 spiro atoms. The van der Waals surface area contributed by atoms with Crippen molar-refractivity contribution in [3.63, 3.8) is 0 Å². The number of carbonyl (C=O) groups is 2. The number of likely N-dealkylation sites (tertiary alicyclic amines) is 1. The van der Waals surface area contributed by atoms with Crippen LogP contribution in [0.2, 0.25) is 0 Å². The van der Waals surface area contributed by atoms with Crippen LogP contribution in [0.4, 0.5) is 0 Å². The van der Waals surface area contributed by atoms with Gasteiger partial charge < -0.3 is 20.9 Å². The summed E-state index contributed by atoms with van der Waals surface area (Å²) in [5.41, 5.74) is 0. The molecule has 2 fully saturated rings. The molecule has 1 unspecified atom stereocenters. The van der Waals surface area contributed by atoms with Gasteiger partial charge in [-0.2, -0.15) is 0 Å². The number of aliphatic imine (C=N–C) groups is 1. The molecule has 0 aromatic carbocycles. The van der Waals surface area contributed by atoms with Gasteiger partial charge in [0.15, 0.2) is 5.96 Å². The number of carbonyl (C=O) groups excluding carboxylic acids is 2. The first-order valence-corrected chi connectivity index (χ1v) is 9.55. The average Bonchev–Trinajstić information content (AvgIpc) is 3.06. The smallest absolute Gasteiger partial charge is 0.239 e. The van der Waals surface area contributed by atoms with Gasteiger partial charge in [-0.1, -0.05) is 19.3 Å². The van der Waals surface area contributed by atoms with Crippen LogP contribution in [-0.4, -0.2) is 61.4 Å². The molecular weight excluding hydrogens is 445 g/mol. The number of guanidine groups is 1. The second-order valence-electron chi connectivity index (χ2n) is 7.40. The first kappa shape index (κ1) is 23.0. The van der Waals surface area contributed by atoms with Crippen molar-refractivity contribution in [2.45, 2.75) is 64.5 Å². The predicted octanol–water partition coefficient (Wildman–Crippen LogP) is 1.48. The van der Waals surface area contributed by atoms with E-state index in [-0.39, 0.29) is 54.4 Å². The van der Waals surface area contributed by atoms with Crippen LogP contribution < -0.4 is 16.0 Å². The molecular formula is C18H34IN5O2. The fraction of sp³-hybridized carbons (Fsp3) is 0.833. The molecule has 2 aliphatic rings. The van der Waals surface area contributed by atoms with E-state index in [4.69, 9.17) is 0 Å². The minimum absolute atomic E-state index is 0. The van der Waals surface area contributed by atoms with Crippen LogP contribution in [0.1, 0.15) is 52.4 Å². The van der Waals surface area contributed by atoms with Crippen molar-refractivity contribution < 1.29 is 9.59 Å². The number of nitrogens with zero attached hydrogens (tertiary/aromatic N) is 2. The lowest BCUT2D eigenvalue weighted by Gasteiger charge is -2.26. The van der Waals surface area contributed by atoms with Crippen molar-refractivity contribution >= 4 is 41.8 Å². The van der Waals surface area contributed by atoms with Gasteiger partial charge in [0, 0.05) is 38.1 Å². The molecule has 0 radical (unpaired) electrons. The highest BCUT2D eigenvalue weighted by Gasteiger charge is 2.31. The monoisotopic (exact) mass is 479 g/mol. The summed E-state index contributed by atoms with van der Waals surface area (Å²) in [4.78, 5) is 30.5. The summed E-state index contributed by atoms with van der Waals surface area (Å²) in [6, 6.07) is 0.311. The van der Waals surface area contributed by atoms with Crippen LogP contribution >= 0.6 is 24.0 Å². The molecule has 8 heteroatoms. The number of hydrogen-bond acceptors (Lipinski definition) is 3. The van der Waals surface area contributed by atoms with E-state index in [0.29, 0.717) is 18.4 Å². The van der Waals surface area contributed by atoms with E-state index < -0.39 is 0 Å². The molecule has 2 amide bonds. The average molecular weight is 479 g/mol. The molecule has 1 aliphatic carbocycles. The Balaban J connectivity index is 0.00000338. The van der Waals surface area contributed by atoms with Gasteiger partial charge in [0.1, 0.15) is 0 Å². The zero-order valence-corrected chi connectivity index (χ0v) is 18.5. The fourth-order valence-electron chi connectivity index (χ4n) is 3.61. The largest absolute Gasteiger partial charge is 0.352 e. The van der Waals surface area contributed by atoms with Crippen molar-refractivity contribution in [1.29, 1.82) is 0 Å². The Hall–Kier alpha value is -1.06. The predicted molar refractivity (Wildman–Crippen MR) is 115 cm³/mol. The van der Waals surface area contributed by atoms with Crippen molar-refractivity contribution in [1.82, 2.24) is 20.9 Å². The standard InChI is InChI=1S/C18H33N5O2.HI/c1-13(2)21-16(24)11-20-18(19-3)22-15-9-10-23(12-15)17(25)14-7-5-4-6-8-14;/h13-15H,4-12H2,1-3H3,(H,21,24)(H2,19,20,22);1H. The molecule has 150 valence electrons. The highest BCUT2D eigenvalue weighted by Crippen LogP contribution is 2.26. The Morgan fingerprint density at radius 1 is 1.15 bits per heavy atom. The van der Waals surface area contributed by atoms with Gasteiger partial charge in [0.2, 0.25) is 11.8 Å². The Morgan fingerprint density at radius 3 is 2.46 bits per heavy atom. The van der Waals surface area contributed by atoms with Crippen molar-refractivity contribution in [3.05, 3.63) is 0 Å². The molecule has 0 aromatic heterocycles. The highest BCUT2D eigenvalue weighted by molar-refractivity contribution is 14.0. The number of hydrogen-bond donors (Lipinski definition) is 3. The minimum atomic E-state index is -0.0570. The molecule has 26 heavy (non-hydrogen) atoms. The third kappa shape index (κ3) is 7.28. The van der Waals surface area contributed by atoms with Crippen molar-refractivity contribution in [2.24, 2.45) is 10.9 Å². The van der Waals surface area contributed by atoms with Crippen LogP contribution in [0.25, 0.3) is 0 Å². The molecule has 1 saturated carbocycles. The number of rotatable bonds is 5. The Bertz CT molecular complexity index is 492. The van der Waals surface area contributed by atoms with Crippen LogP contribution in [-0.2, 0) is 9.59 Å². The maximum Gasteiger partial charge on any atom is 0.239 e. The van der Waals surface area contributed by atoms with Crippen LogP contribution in [0.3, 0.4) is 0 Å². The lowest BCUT2D eigenvalue weighted by molar-refractivity contribution is -0.135. The molecule has 1 saturated heterocycles. The SMILES string of the molecule is CN=C(NCC(=O)NC(C)C)NC1CCN(C(=O)C2CCCCC2)C1.I. The Kier molecular flexibility index (Phi) is 10.3. The quantitative estimate of drug-likeness (QED) is 0.317. The lowest BCUT2D eigenvalue weighted by Crippen LogP contribution is -2.48. The fourth-order valence-corrected chi connectivity index (χ4v) is 3.61. The maximum absolute atomic E-state index is 12.6. The zero-order valence-electron chi connectivity index (χ0n) is 16.2. The van der Waals surface area contributed by atoms with Gasteiger partial charge in [-0.05, 0) is 33.1 Å². The van der Waals surface area contributed by atoms with E-state index in [9.17, 15) is 9.59 Å². The third-order valence-corrected chi connectivity index (χ3v) is 4.88. The first-order valence-electron chi connectivity index (χ1n) is 9.55. The topological polar surface area (TPSA) is 85.8 Å². The van der Waals surface area contributed by atoms with E-state index in [2.05, 4.69) is 20.9 Å². The zero-order chi connectivity index (χ0) is 18.2. The van der Waals surface area contributed by atoms with E-state index in [0.717, 1.165) is 25.8 Å². The maximum atomic E-state index is 12.6. The third-order valence-electron chi connectivity index (χ3n) is 4.88. The van der Waals surface area contributed by atoms with Gasteiger partial charge in [-0.25, -0.2) is 0 Å². The summed E-state index contributed by atoms with van der Waals surface area (Å²) in [7, 11) is 1.69. The second kappa shape index (κ2) is 11.6. The van der Waals surface area contributed by atoms with Crippen molar-refractivity contribution in [2.75, 3.05) is 26.7 Å². The van der Waals surface area contributed by atoms with E-state index in [1.54, 1.807) is 7.05 Å². The highest BCUT2D eigenvalue weighted by atomic mass is 127. The number of nitrogens with one attached hydrogen (secondary N) is 3. The summed E-state index contributed by atoms with van der Waals surface area (Å²) in [6.07, 6.45) is 6.63. The second-order valence-corrected chi connectivity index (χ2v) is 7.40. The first-order chi connectivity index (χ1) is 12.0. The van der Waals surface area contributed by atoms with Gasteiger partial charge in [0.05, 0.1) is 6.54 Å². The summed E-state index contributed by atoms with van der Waals surface area (Å²) in [6.45, 7) is 5.57. The summed E-state index contributed by atoms with van der Waals surface area (Å²) < 4.78 is 0. The molecule has 3 N–H and O–H groups in total. The van der Waals surface area contributed by atoms with Crippen LogP contribution in [0.15, 0.2) is 4.99 Å². The molecule has 0 aromatic rings. The molecule has 0 bridgehead atoms. The van der Waals surface area contributed by atoms with E-state index >= 15 is 0 Å². The molecule has 1 atom stereocenters. The molecule has 2 rings (SSSR count). The van der Waals surface area contributed by atoms with E-state index in [1.807, 2.05) is 18.7 Å². The lowest BCUT2D eigenvalue weighted by atomic mass is 9.88. The van der Waals surface area contributed by atoms with Crippen LogP contribution in [0.5, 0.6) is 0 Å². The number of halogens is 1. The summed E-state index contributed by atoms with van der Waals surface area (Å²) >= 11 is 0. The normalized spacial score (nSPS) is 21.3. The van der Waals surface area contributed by atoms with Gasteiger partial charge in [-0.15, -0.1) is 24.0 Å². The molecule has 7 nitrogen and oxygen atoms in total. The molecule has 1 heterocycles. The Labute approximate surface area is 174 Å². The summed E-state index contributed by atoms with van der Waals surface area (Å²) in [5, 5.41) is 9.20. The van der Waals surface area contributed by atoms with Crippen molar-refractivity contribution in [3.8, 4) is 0 Å². The minimum Gasteiger partial charge on any atom is -0.352 e. The summed E-state index contributed by atoms with van der Waals surface area (Å²) in [5.74, 6) is 1.10. The Morgan fingerprint density at radius 2 is 1.85 bits per heavy atom. The van der Waals surface area contributed by atoms with Crippen LogP contribution in [0, 0.1) is 5.92 Å². The van der Waals surface area contributed by atoms with Gasteiger partial charge >= 0.3 is 0 Å². The van der Waals surface area contributed by atoms with Gasteiger partial charge in [0.25, 0.3) is 0 Å². The molecule has 1 aliphatic heterocycles. The number of amides is 2.